The van der Waals surface area contributed by atoms with Gasteiger partial charge in [0, 0.05) is 0 Å². The largest absolute Gasteiger partial charge is 0.508 e. The van der Waals surface area contributed by atoms with Gasteiger partial charge in [0.1, 0.15) is 17.4 Å². The molecular weight excluding hydrogens is 369 g/mol. The van der Waals surface area contributed by atoms with Crippen LogP contribution in [0.4, 0.5) is 13.2 Å². The van der Waals surface area contributed by atoms with Crippen molar-refractivity contribution in [3.63, 3.8) is 0 Å². The normalized spacial score (nSPS) is 12.0. The molecule has 6 nitrogen and oxygen atoms in total. The maximum atomic E-state index is 14.1. The summed E-state index contributed by atoms with van der Waals surface area (Å²) >= 11 is 0. The van der Waals surface area contributed by atoms with Crippen molar-refractivity contribution in [1.29, 1.82) is 0 Å². The molecule has 0 aromatic heterocycles. The fourth-order valence-corrected chi connectivity index (χ4v) is 3.26. The molecule has 0 spiro atoms. The second-order valence-corrected chi connectivity index (χ2v) is 5.96. The summed E-state index contributed by atoms with van der Waals surface area (Å²) in [4.78, 5) is 0. The van der Waals surface area contributed by atoms with E-state index in [1.165, 1.54) is 0 Å². The van der Waals surface area contributed by atoms with E-state index < -0.39 is 61.1 Å². The van der Waals surface area contributed by atoms with E-state index in [0.717, 1.165) is 24.3 Å². The van der Waals surface area contributed by atoms with Crippen molar-refractivity contribution in [3.8, 4) is 11.5 Å². The molecule has 6 N–H and O–H groups in total. The number of aliphatic hydroxyl groups is 4. The van der Waals surface area contributed by atoms with Gasteiger partial charge in [0.25, 0.3) is 0 Å². The van der Waals surface area contributed by atoms with Gasteiger partial charge < -0.3 is 30.6 Å². The van der Waals surface area contributed by atoms with E-state index in [9.17, 15) is 43.8 Å². The van der Waals surface area contributed by atoms with Gasteiger partial charge in [0.2, 0.25) is 0 Å². The molecule has 9 heteroatoms. The molecule has 0 unspecified atom stereocenters. The van der Waals surface area contributed by atoms with Crippen LogP contribution in [0.5, 0.6) is 11.5 Å². The predicted octanol–water partition coefficient (Wildman–Crippen LogP) is 1.76. The van der Waals surface area contributed by atoms with Crippen molar-refractivity contribution in [2.24, 2.45) is 0 Å². The van der Waals surface area contributed by atoms with Gasteiger partial charge in [0.15, 0.2) is 0 Å². The Morgan fingerprint density at radius 2 is 0.889 bits per heavy atom. The number of alkyl halides is 3. The summed E-state index contributed by atoms with van der Waals surface area (Å²) in [6, 6.07) is 3.80. The van der Waals surface area contributed by atoms with E-state index in [1.807, 2.05) is 0 Å². The highest BCUT2D eigenvalue weighted by Crippen LogP contribution is 2.47. The first-order valence-electron chi connectivity index (χ1n) is 7.87. The molecule has 0 bridgehead atoms. The van der Waals surface area contributed by atoms with Crippen LogP contribution in [0.15, 0.2) is 24.3 Å². The Balaban J connectivity index is 2.93. The number of phenols is 2. The average Bonchev–Trinajstić information content (AvgIpc) is 2.61. The molecule has 0 heterocycles. The number of hydrogen-bond acceptors (Lipinski definition) is 6. The van der Waals surface area contributed by atoms with Gasteiger partial charge in [-0.25, -0.2) is 0 Å². The third-order valence-electron chi connectivity index (χ3n) is 4.26. The monoisotopic (exact) mass is 388 g/mol. The number of aliphatic hydroxyl groups excluding tert-OH is 4. The van der Waals surface area contributed by atoms with E-state index in [0.29, 0.717) is 0 Å². The van der Waals surface area contributed by atoms with Crippen LogP contribution in [-0.2, 0) is 26.4 Å². The Morgan fingerprint density at radius 3 is 1.07 bits per heavy atom. The van der Waals surface area contributed by atoms with Crippen LogP contribution in [0, 0.1) is 0 Å². The van der Waals surface area contributed by atoms with Gasteiger partial charge in [-0.3, -0.25) is 0 Å². The summed E-state index contributed by atoms with van der Waals surface area (Å²) in [5.74, 6) is -3.28. The highest BCUT2D eigenvalue weighted by Gasteiger charge is 2.46. The summed E-state index contributed by atoms with van der Waals surface area (Å²) in [5.41, 5.74) is -2.02. The van der Waals surface area contributed by atoms with Crippen LogP contribution in [0.3, 0.4) is 0 Å². The number of rotatable bonds is 6. The Hall–Kier alpha value is -2.33. The van der Waals surface area contributed by atoms with Crippen molar-refractivity contribution < 1.29 is 43.8 Å². The van der Waals surface area contributed by atoms with Gasteiger partial charge in [-0.2, -0.15) is 13.2 Å². The highest BCUT2D eigenvalue weighted by molar-refractivity contribution is 5.53. The number of hydrogen-bond donors (Lipinski definition) is 6. The summed E-state index contributed by atoms with van der Waals surface area (Å²) in [7, 11) is 0. The lowest BCUT2D eigenvalue weighted by Crippen LogP contribution is -2.27. The van der Waals surface area contributed by atoms with Crippen LogP contribution >= 0.6 is 0 Å². The number of benzene rings is 2. The van der Waals surface area contributed by atoms with Crippen molar-refractivity contribution in [1.82, 2.24) is 0 Å². The molecule has 0 aliphatic rings. The van der Waals surface area contributed by atoms with Gasteiger partial charge >= 0.3 is 6.18 Å². The van der Waals surface area contributed by atoms with Crippen molar-refractivity contribution >= 4 is 0 Å². The fourth-order valence-electron chi connectivity index (χ4n) is 3.26. The van der Waals surface area contributed by atoms with Gasteiger partial charge in [-0.1, -0.05) is 0 Å². The summed E-state index contributed by atoms with van der Waals surface area (Å²) in [5, 5.41) is 57.4. The lowest BCUT2D eigenvalue weighted by atomic mass is 9.80. The van der Waals surface area contributed by atoms with E-state index in [4.69, 9.17) is 0 Å². The molecular formula is C18H19F3O6. The standard InChI is InChI=1S/C18H19F3O6/c19-18(20,21)17(15-9(5-22)1-13(26)2-10(15)6-23)16-11(7-24)3-14(27)4-12(16)8-25/h1-4,17,22-27H,5-8H2. The minimum absolute atomic E-state index is 0.262. The van der Waals surface area contributed by atoms with Crippen LogP contribution in [0.2, 0.25) is 0 Å². The molecule has 0 radical (unpaired) electrons. The van der Waals surface area contributed by atoms with Gasteiger partial charge in [0.05, 0.1) is 26.4 Å². The Bertz CT molecular complexity index is 708. The van der Waals surface area contributed by atoms with Crippen LogP contribution in [0.25, 0.3) is 0 Å². The Labute approximate surface area is 152 Å². The summed E-state index contributed by atoms with van der Waals surface area (Å²) in [6.45, 7) is -3.37. The van der Waals surface area contributed by atoms with E-state index in [-0.39, 0.29) is 22.3 Å². The second kappa shape index (κ2) is 8.13. The molecule has 0 fully saturated rings. The molecule has 0 aliphatic carbocycles. The van der Waals surface area contributed by atoms with Crippen LogP contribution in [-0.4, -0.2) is 36.8 Å². The molecule has 0 saturated heterocycles. The molecule has 0 atom stereocenters. The number of aromatic hydroxyl groups is 2. The second-order valence-electron chi connectivity index (χ2n) is 5.96. The molecule has 2 rings (SSSR count). The maximum Gasteiger partial charge on any atom is 0.399 e. The Kier molecular flexibility index (Phi) is 6.32. The maximum absolute atomic E-state index is 14.1. The SMILES string of the molecule is OCc1cc(O)cc(CO)c1C(c1c(CO)cc(O)cc1CO)C(F)(F)F. The van der Waals surface area contributed by atoms with E-state index in [2.05, 4.69) is 0 Å². The summed E-state index contributed by atoms with van der Waals surface area (Å²) < 4.78 is 42.3. The van der Waals surface area contributed by atoms with Gasteiger partial charge in [-0.15, -0.1) is 0 Å². The van der Waals surface area contributed by atoms with E-state index in [1.54, 1.807) is 0 Å². The minimum atomic E-state index is -4.93. The van der Waals surface area contributed by atoms with E-state index >= 15 is 0 Å². The lowest BCUT2D eigenvalue weighted by molar-refractivity contribution is -0.142. The first kappa shape index (κ1) is 21.0. The smallest absolute Gasteiger partial charge is 0.399 e. The minimum Gasteiger partial charge on any atom is -0.508 e. The molecule has 0 saturated carbocycles. The fraction of sp³-hybridized carbons (Fsp3) is 0.333. The Morgan fingerprint density at radius 1 is 0.630 bits per heavy atom. The highest BCUT2D eigenvalue weighted by atomic mass is 19.4. The quantitative estimate of drug-likeness (QED) is 0.449. The zero-order valence-electron chi connectivity index (χ0n) is 14.0. The number of halogens is 3. The van der Waals surface area contributed by atoms with Gasteiger partial charge in [-0.05, 0) is 57.6 Å². The first-order valence-corrected chi connectivity index (χ1v) is 7.87. The van der Waals surface area contributed by atoms with Crippen molar-refractivity contribution in [3.05, 3.63) is 57.6 Å². The zero-order valence-corrected chi connectivity index (χ0v) is 14.0. The third kappa shape index (κ3) is 4.16. The third-order valence-corrected chi connectivity index (χ3v) is 4.26. The molecule has 148 valence electrons. The average molecular weight is 388 g/mol. The molecule has 2 aromatic carbocycles. The van der Waals surface area contributed by atoms with Crippen LogP contribution < -0.4 is 0 Å². The topological polar surface area (TPSA) is 121 Å². The molecule has 2 aromatic rings. The van der Waals surface area contributed by atoms with Crippen molar-refractivity contribution in [2.75, 3.05) is 0 Å². The molecule has 0 aliphatic heterocycles. The zero-order chi connectivity index (χ0) is 20.4. The predicted molar refractivity (Wildman–Crippen MR) is 87.8 cm³/mol. The van der Waals surface area contributed by atoms with Crippen molar-refractivity contribution in [2.45, 2.75) is 38.5 Å². The van der Waals surface area contributed by atoms with Crippen LogP contribution in [0.1, 0.15) is 39.3 Å². The first-order chi connectivity index (χ1) is 12.7. The molecule has 27 heavy (non-hydrogen) atoms. The molecule has 0 amide bonds. The number of phenolic OH excluding ortho intramolecular Hbond substituents is 2. The summed E-state index contributed by atoms with van der Waals surface area (Å²) in [6.07, 6.45) is -4.93. The lowest BCUT2D eigenvalue weighted by Gasteiger charge is -2.29.